The van der Waals surface area contributed by atoms with Crippen molar-refractivity contribution in [2.45, 2.75) is 31.6 Å². The summed E-state index contributed by atoms with van der Waals surface area (Å²) in [4.78, 5) is 0.360. The molecule has 1 aromatic rings. The van der Waals surface area contributed by atoms with E-state index >= 15 is 0 Å². The van der Waals surface area contributed by atoms with Gasteiger partial charge in [-0.2, -0.15) is 0 Å². The van der Waals surface area contributed by atoms with Gasteiger partial charge in [-0.25, -0.2) is 13.1 Å². The number of hydrogen-bond acceptors (Lipinski definition) is 2. The Hall–Kier alpha value is -0.580. The van der Waals surface area contributed by atoms with Gasteiger partial charge in [-0.3, -0.25) is 0 Å². The molecule has 3 nitrogen and oxygen atoms in total. The second-order valence-corrected chi connectivity index (χ2v) is 7.23. The van der Waals surface area contributed by atoms with E-state index in [2.05, 4.69) is 4.72 Å². The van der Waals surface area contributed by atoms with Gasteiger partial charge >= 0.3 is 0 Å². The van der Waals surface area contributed by atoms with Crippen LogP contribution in [-0.2, 0) is 10.0 Å². The first-order chi connectivity index (χ1) is 8.38. The number of nitrogens with one attached hydrogen (secondary N) is 1. The van der Waals surface area contributed by atoms with E-state index < -0.39 is 10.0 Å². The second-order valence-electron chi connectivity index (χ2n) is 5.23. The maximum absolute atomic E-state index is 12.2. The summed E-state index contributed by atoms with van der Waals surface area (Å²) in [5.74, 6) is 0.516. The largest absolute Gasteiger partial charge is 0.240 e. The Bertz CT molecular complexity index is 550. The van der Waals surface area contributed by atoms with Gasteiger partial charge < -0.3 is 0 Å². The monoisotopic (exact) mass is 287 g/mol. The highest BCUT2D eigenvalue weighted by Gasteiger charge is 2.42. The van der Waals surface area contributed by atoms with Crippen molar-refractivity contribution in [3.63, 3.8) is 0 Å². The quantitative estimate of drug-likeness (QED) is 0.846. The minimum Gasteiger partial charge on any atom is -0.211 e. The smallest absolute Gasteiger partial charge is 0.211 e. The molecule has 100 valence electrons. The molecule has 0 radical (unpaired) electrons. The summed E-state index contributed by atoms with van der Waals surface area (Å²) >= 11 is 5.85. The molecular formula is C13H18ClNO2S. The standard InChI is InChI=1S/C13H18ClNO2S/c1-10-3-4-12(11(2)7-10)18(16,17)15-9-13(8-14)5-6-13/h3-4,7,15H,5-6,8-9H2,1-2H3. The van der Waals surface area contributed by atoms with Gasteiger partial charge in [0.25, 0.3) is 0 Å². The molecule has 1 saturated carbocycles. The third kappa shape index (κ3) is 2.87. The van der Waals surface area contributed by atoms with Crippen molar-refractivity contribution >= 4 is 21.6 Å². The van der Waals surface area contributed by atoms with Crippen molar-refractivity contribution in [2.24, 2.45) is 5.41 Å². The normalized spacial score (nSPS) is 17.7. The molecule has 0 saturated heterocycles. The van der Waals surface area contributed by atoms with Crippen LogP contribution >= 0.6 is 11.6 Å². The Labute approximate surface area is 114 Å². The first-order valence-corrected chi connectivity index (χ1v) is 8.03. The zero-order valence-corrected chi connectivity index (χ0v) is 12.2. The lowest BCUT2D eigenvalue weighted by Gasteiger charge is -2.14. The van der Waals surface area contributed by atoms with E-state index in [-0.39, 0.29) is 5.41 Å². The fourth-order valence-corrected chi connectivity index (χ4v) is 3.70. The number of aryl methyl sites for hydroxylation is 2. The minimum absolute atomic E-state index is 0.00672. The van der Waals surface area contributed by atoms with Gasteiger partial charge in [0.1, 0.15) is 0 Å². The van der Waals surface area contributed by atoms with Crippen LogP contribution in [-0.4, -0.2) is 20.8 Å². The van der Waals surface area contributed by atoms with Crippen molar-refractivity contribution in [2.75, 3.05) is 12.4 Å². The van der Waals surface area contributed by atoms with Crippen LogP contribution < -0.4 is 4.72 Å². The third-order valence-electron chi connectivity index (χ3n) is 3.50. The molecule has 0 aromatic heterocycles. The predicted octanol–water partition coefficient (Wildman–Crippen LogP) is 2.60. The van der Waals surface area contributed by atoms with Gasteiger partial charge in [-0.1, -0.05) is 17.7 Å². The summed E-state index contributed by atoms with van der Waals surface area (Å²) in [5.41, 5.74) is 1.83. The lowest BCUT2D eigenvalue weighted by Crippen LogP contribution is -2.31. The van der Waals surface area contributed by atoms with E-state index in [0.717, 1.165) is 24.0 Å². The first-order valence-electron chi connectivity index (χ1n) is 6.01. The molecule has 0 unspecified atom stereocenters. The third-order valence-corrected chi connectivity index (χ3v) is 5.63. The summed E-state index contributed by atoms with van der Waals surface area (Å²) in [6.45, 7) is 4.20. The van der Waals surface area contributed by atoms with E-state index in [9.17, 15) is 8.42 Å². The van der Waals surface area contributed by atoms with E-state index in [1.165, 1.54) is 0 Å². The van der Waals surface area contributed by atoms with Crippen molar-refractivity contribution in [1.82, 2.24) is 4.72 Å². The van der Waals surface area contributed by atoms with E-state index in [1.807, 2.05) is 26.0 Å². The van der Waals surface area contributed by atoms with Gasteiger partial charge in [-0.15, -0.1) is 11.6 Å². The average Bonchev–Trinajstić information content (AvgIpc) is 3.07. The van der Waals surface area contributed by atoms with Crippen LogP contribution in [0.2, 0.25) is 0 Å². The Kier molecular flexibility index (Phi) is 3.72. The Morgan fingerprint density at radius 3 is 2.50 bits per heavy atom. The maximum atomic E-state index is 12.2. The van der Waals surface area contributed by atoms with Crippen LogP contribution in [0.1, 0.15) is 24.0 Å². The SMILES string of the molecule is Cc1ccc(S(=O)(=O)NCC2(CCl)CC2)c(C)c1. The van der Waals surface area contributed by atoms with Gasteiger partial charge in [0.2, 0.25) is 10.0 Å². The molecule has 0 bridgehead atoms. The van der Waals surface area contributed by atoms with Crippen LogP contribution in [0.25, 0.3) is 0 Å². The van der Waals surface area contributed by atoms with Crippen molar-refractivity contribution in [3.8, 4) is 0 Å². The van der Waals surface area contributed by atoms with Crippen molar-refractivity contribution in [1.29, 1.82) is 0 Å². The summed E-state index contributed by atoms with van der Waals surface area (Å²) in [7, 11) is -3.42. The van der Waals surface area contributed by atoms with Gasteiger partial charge in [-0.05, 0) is 43.7 Å². The molecule has 1 N–H and O–H groups in total. The van der Waals surface area contributed by atoms with Crippen molar-refractivity contribution < 1.29 is 8.42 Å². The fraction of sp³-hybridized carbons (Fsp3) is 0.538. The molecule has 0 heterocycles. The van der Waals surface area contributed by atoms with Gasteiger partial charge in [0.15, 0.2) is 0 Å². The number of sulfonamides is 1. The fourth-order valence-electron chi connectivity index (χ4n) is 1.96. The van der Waals surface area contributed by atoms with E-state index in [1.54, 1.807) is 6.07 Å². The molecule has 2 rings (SSSR count). The van der Waals surface area contributed by atoms with E-state index in [4.69, 9.17) is 11.6 Å². The Balaban J connectivity index is 2.15. The van der Waals surface area contributed by atoms with Crippen LogP contribution in [0.4, 0.5) is 0 Å². The molecule has 0 spiro atoms. The van der Waals surface area contributed by atoms with Gasteiger partial charge in [0.05, 0.1) is 4.90 Å². The number of rotatable bonds is 5. The Morgan fingerprint density at radius 2 is 2.00 bits per heavy atom. The first kappa shape index (κ1) is 13.8. The van der Waals surface area contributed by atoms with Crippen LogP contribution in [0.15, 0.2) is 23.1 Å². The van der Waals surface area contributed by atoms with Gasteiger partial charge in [0, 0.05) is 12.4 Å². The van der Waals surface area contributed by atoms with Crippen LogP contribution in [0.3, 0.4) is 0 Å². The molecule has 1 fully saturated rings. The second kappa shape index (κ2) is 4.83. The summed E-state index contributed by atoms with van der Waals surface area (Å²) < 4.78 is 27.1. The maximum Gasteiger partial charge on any atom is 0.240 e. The molecule has 18 heavy (non-hydrogen) atoms. The average molecular weight is 288 g/mol. The lowest BCUT2D eigenvalue weighted by molar-refractivity contribution is 0.534. The highest BCUT2D eigenvalue weighted by molar-refractivity contribution is 7.89. The van der Waals surface area contributed by atoms with Crippen LogP contribution in [0, 0.1) is 19.3 Å². The summed E-state index contributed by atoms with van der Waals surface area (Å²) in [6.07, 6.45) is 2.01. The molecular weight excluding hydrogens is 270 g/mol. The van der Waals surface area contributed by atoms with E-state index in [0.29, 0.717) is 17.3 Å². The molecule has 5 heteroatoms. The number of halogens is 1. The molecule has 1 aliphatic rings. The highest BCUT2D eigenvalue weighted by atomic mass is 35.5. The van der Waals surface area contributed by atoms with Crippen LogP contribution in [0.5, 0.6) is 0 Å². The lowest BCUT2D eigenvalue weighted by atomic mass is 10.1. The molecule has 0 atom stereocenters. The van der Waals surface area contributed by atoms with Crippen molar-refractivity contribution in [3.05, 3.63) is 29.3 Å². The highest BCUT2D eigenvalue weighted by Crippen LogP contribution is 2.46. The topological polar surface area (TPSA) is 46.2 Å². The zero-order valence-electron chi connectivity index (χ0n) is 10.7. The number of benzene rings is 1. The summed E-state index contributed by atoms with van der Waals surface area (Å²) in [5, 5.41) is 0. The minimum atomic E-state index is -3.42. The zero-order chi connectivity index (χ0) is 13.4. The predicted molar refractivity (Wildman–Crippen MR) is 73.5 cm³/mol. The number of alkyl halides is 1. The number of hydrogen-bond donors (Lipinski definition) is 1. The molecule has 0 aliphatic heterocycles. The summed E-state index contributed by atoms with van der Waals surface area (Å²) in [6, 6.07) is 5.35. The molecule has 0 amide bonds. The molecule has 1 aromatic carbocycles. The Morgan fingerprint density at radius 1 is 1.33 bits per heavy atom. The molecule has 1 aliphatic carbocycles.